The number of hydrogen-bond acceptors (Lipinski definition) is 5. The van der Waals surface area contributed by atoms with Crippen molar-refractivity contribution in [2.24, 2.45) is 0 Å². The Morgan fingerprint density at radius 2 is 1.79 bits per heavy atom. The Morgan fingerprint density at radius 3 is 2.38 bits per heavy atom. The Kier molecular flexibility index (Phi) is 8.32. The van der Waals surface area contributed by atoms with Gasteiger partial charge in [-0.3, -0.25) is 9.59 Å². The molecule has 0 aliphatic rings. The number of amides is 1. The van der Waals surface area contributed by atoms with Crippen molar-refractivity contribution in [3.05, 3.63) is 52.0 Å². The number of nitrogens with zero attached hydrogens (tertiary/aromatic N) is 1. The van der Waals surface area contributed by atoms with E-state index in [0.29, 0.717) is 22.7 Å². The lowest BCUT2D eigenvalue weighted by atomic mass is 9.93. The molecule has 2 rings (SSSR count). The van der Waals surface area contributed by atoms with Crippen molar-refractivity contribution in [1.82, 2.24) is 0 Å². The van der Waals surface area contributed by atoms with Gasteiger partial charge in [0, 0.05) is 34.5 Å². The molecular weight excluding hydrogens is 415 g/mol. The molecule has 0 bridgehead atoms. The summed E-state index contributed by atoms with van der Waals surface area (Å²) in [6, 6.07) is 11.8. The standard InChI is InChI=1S/C21H20Cl2N2O4/c1-28-13-9-10-19(29-2)17(11-13)25-20(27)8-4-7-18(26)14(12-24)21-15(22)5-3-6-16(21)23/h3,5-6,9-11,14H,4,7-8H2,1-2H3,(H,25,27). The summed E-state index contributed by atoms with van der Waals surface area (Å²) in [4.78, 5) is 24.7. The highest BCUT2D eigenvalue weighted by Gasteiger charge is 2.25. The summed E-state index contributed by atoms with van der Waals surface area (Å²) >= 11 is 12.2. The molecule has 2 aromatic carbocycles. The topological polar surface area (TPSA) is 88.4 Å². The van der Waals surface area contributed by atoms with Crippen molar-refractivity contribution >= 4 is 40.6 Å². The molecule has 152 valence electrons. The van der Waals surface area contributed by atoms with E-state index in [2.05, 4.69) is 5.32 Å². The number of methoxy groups -OCH3 is 2. The van der Waals surface area contributed by atoms with E-state index in [1.807, 2.05) is 6.07 Å². The Balaban J connectivity index is 1.96. The Hall–Kier alpha value is -2.75. The van der Waals surface area contributed by atoms with Gasteiger partial charge in [0.05, 0.1) is 26.0 Å². The first-order valence-electron chi connectivity index (χ1n) is 8.79. The maximum absolute atomic E-state index is 12.5. The molecule has 0 aliphatic heterocycles. The van der Waals surface area contributed by atoms with Crippen LogP contribution in [0.25, 0.3) is 0 Å². The van der Waals surface area contributed by atoms with Crippen LogP contribution in [0.4, 0.5) is 5.69 Å². The van der Waals surface area contributed by atoms with Gasteiger partial charge in [-0.2, -0.15) is 5.26 Å². The molecule has 1 amide bonds. The van der Waals surface area contributed by atoms with Crippen LogP contribution in [0, 0.1) is 11.3 Å². The molecule has 0 saturated heterocycles. The number of halogens is 2. The Labute approximate surface area is 179 Å². The number of Topliss-reactive ketones (excluding diaryl/α,β-unsaturated/α-hetero) is 1. The Morgan fingerprint density at radius 1 is 1.10 bits per heavy atom. The van der Waals surface area contributed by atoms with Gasteiger partial charge in [0.15, 0.2) is 5.78 Å². The van der Waals surface area contributed by atoms with Crippen LogP contribution in [0.5, 0.6) is 11.5 Å². The molecule has 0 saturated carbocycles. The molecule has 1 atom stereocenters. The first-order valence-corrected chi connectivity index (χ1v) is 9.55. The molecule has 6 nitrogen and oxygen atoms in total. The number of hydrogen-bond donors (Lipinski definition) is 1. The number of ether oxygens (including phenoxy) is 2. The van der Waals surface area contributed by atoms with Gasteiger partial charge in [-0.15, -0.1) is 0 Å². The number of carbonyl (C=O) groups is 2. The molecule has 0 spiro atoms. The number of nitriles is 1. The van der Waals surface area contributed by atoms with Gasteiger partial charge in [0.25, 0.3) is 0 Å². The van der Waals surface area contributed by atoms with Crippen LogP contribution in [0.15, 0.2) is 36.4 Å². The van der Waals surface area contributed by atoms with Crippen molar-refractivity contribution in [3.63, 3.8) is 0 Å². The summed E-state index contributed by atoms with van der Waals surface area (Å²) in [5, 5.41) is 12.7. The predicted molar refractivity (Wildman–Crippen MR) is 112 cm³/mol. The molecule has 0 heterocycles. The highest BCUT2D eigenvalue weighted by molar-refractivity contribution is 6.36. The third kappa shape index (κ3) is 5.86. The zero-order valence-corrected chi connectivity index (χ0v) is 17.5. The van der Waals surface area contributed by atoms with E-state index in [-0.39, 0.29) is 41.0 Å². The SMILES string of the molecule is COc1ccc(OC)c(NC(=O)CCCC(=O)C(C#N)c2c(Cl)cccc2Cl)c1. The lowest BCUT2D eigenvalue weighted by molar-refractivity contribution is -0.119. The van der Waals surface area contributed by atoms with Gasteiger partial charge in [-0.05, 0) is 30.7 Å². The van der Waals surface area contributed by atoms with E-state index in [4.69, 9.17) is 32.7 Å². The van der Waals surface area contributed by atoms with Crippen LogP contribution in [0.3, 0.4) is 0 Å². The zero-order chi connectivity index (χ0) is 21.4. The van der Waals surface area contributed by atoms with Gasteiger partial charge in [-0.25, -0.2) is 0 Å². The normalized spacial score (nSPS) is 11.3. The third-order valence-electron chi connectivity index (χ3n) is 4.25. The lowest BCUT2D eigenvalue weighted by Crippen LogP contribution is -2.15. The fourth-order valence-corrected chi connectivity index (χ4v) is 3.39. The van der Waals surface area contributed by atoms with Gasteiger partial charge >= 0.3 is 0 Å². The second-order valence-electron chi connectivity index (χ2n) is 6.13. The fraction of sp³-hybridized carbons (Fsp3) is 0.286. The summed E-state index contributed by atoms with van der Waals surface area (Å²) in [5.41, 5.74) is 0.773. The smallest absolute Gasteiger partial charge is 0.224 e. The minimum atomic E-state index is -1.07. The minimum absolute atomic E-state index is 0.0441. The molecule has 0 aromatic heterocycles. The van der Waals surface area contributed by atoms with Crippen molar-refractivity contribution < 1.29 is 19.1 Å². The van der Waals surface area contributed by atoms with Crippen molar-refractivity contribution in [1.29, 1.82) is 5.26 Å². The van der Waals surface area contributed by atoms with Gasteiger partial charge < -0.3 is 14.8 Å². The number of anilines is 1. The second-order valence-corrected chi connectivity index (χ2v) is 6.95. The average molecular weight is 435 g/mol. The minimum Gasteiger partial charge on any atom is -0.497 e. The number of rotatable bonds is 9. The molecule has 0 aliphatic carbocycles. The summed E-state index contributed by atoms with van der Waals surface area (Å²) in [6.07, 6.45) is 0.417. The number of benzene rings is 2. The van der Waals surface area contributed by atoms with E-state index in [9.17, 15) is 14.9 Å². The van der Waals surface area contributed by atoms with Crippen LogP contribution in [-0.2, 0) is 9.59 Å². The van der Waals surface area contributed by atoms with Gasteiger partial charge in [-0.1, -0.05) is 29.3 Å². The van der Waals surface area contributed by atoms with E-state index in [0.717, 1.165) is 0 Å². The van der Waals surface area contributed by atoms with Crippen LogP contribution in [0.2, 0.25) is 10.0 Å². The largest absolute Gasteiger partial charge is 0.497 e. The first-order chi connectivity index (χ1) is 13.9. The maximum Gasteiger partial charge on any atom is 0.224 e. The second kappa shape index (κ2) is 10.7. The zero-order valence-electron chi connectivity index (χ0n) is 16.0. The molecule has 1 N–H and O–H groups in total. The number of carbonyl (C=O) groups excluding carboxylic acids is 2. The maximum atomic E-state index is 12.5. The van der Waals surface area contributed by atoms with Crippen molar-refractivity contribution in [2.75, 3.05) is 19.5 Å². The molecule has 2 aromatic rings. The van der Waals surface area contributed by atoms with Crippen molar-refractivity contribution in [3.8, 4) is 17.6 Å². The quantitative estimate of drug-likeness (QED) is 0.599. The van der Waals surface area contributed by atoms with Crippen LogP contribution >= 0.6 is 23.2 Å². The number of nitrogens with one attached hydrogen (secondary N) is 1. The van der Waals surface area contributed by atoms with E-state index >= 15 is 0 Å². The van der Waals surface area contributed by atoms with Crippen molar-refractivity contribution in [2.45, 2.75) is 25.2 Å². The summed E-state index contributed by atoms with van der Waals surface area (Å²) in [7, 11) is 3.02. The van der Waals surface area contributed by atoms with Crippen LogP contribution < -0.4 is 14.8 Å². The summed E-state index contributed by atoms with van der Waals surface area (Å²) in [5.74, 6) is -0.626. The lowest BCUT2D eigenvalue weighted by Gasteiger charge is -2.13. The predicted octanol–water partition coefficient (Wildman–Crippen LogP) is 5.00. The third-order valence-corrected chi connectivity index (χ3v) is 4.91. The molecule has 0 fully saturated rings. The molecule has 1 unspecified atom stereocenters. The van der Waals surface area contributed by atoms with E-state index in [1.165, 1.54) is 14.2 Å². The first kappa shape index (κ1) is 22.5. The Bertz CT molecular complexity index is 921. The molecule has 8 heteroatoms. The molecule has 0 radical (unpaired) electrons. The molecule has 29 heavy (non-hydrogen) atoms. The average Bonchev–Trinajstić information content (AvgIpc) is 2.70. The molecular formula is C21H20Cl2N2O4. The van der Waals surface area contributed by atoms with Gasteiger partial charge in [0.2, 0.25) is 5.91 Å². The van der Waals surface area contributed by atoms with E-state index in [1.54, 1.807) is 36.4 Å². The number of ketones is 1. The van der Waals surface area contributed by atoms with Crippen LogP contribution in [0.1, 0.15) is 30.7 Å². The van der Waals surface area contributed by atoms with Crippen LogP contribution in [-0.4, -0.2) is 25.9 Å². The van der Waals surface area contributed by atoms with E-state index < -0.39 is 5.92 Å². The van der Waals surface area contributed by atoms with Gasteiger partial charge in [0.1, 0.15) is 17.4 Å². The fourth-order valence-electron chi connectivity index (χ4n) is 2.78. The summed E-state index contributed by atoms with van der Waals surface area (Å²) in [6.45, 7) is 0. The monoisotopic (exact) mass is 434 g/mol. The highest BCUT2D eigenvalue weighted by Crippen LogP contribution is 2.33. The highest BCUT2D eigenvalue weighted by atomic mass is 35.5. The summed E-state index contributed by atoms with van der Waals surface area (Å²) < 4.78 is 10.4.